The van der Waals surface area contributed by atoms with E-state index < -0.39 is 12.0 Å². The van der Waals surface area contributed by atoms with Crippen LogP contribution in [0.15, 0.2) is 35.5 Å². The molecule has 0 bridgehead atoms. The van der Waals surface area contributed by atoms with Crippen molar-refractivity contribution in [1.29, 1.82) is 0 Å². The summed E-state index contributed by atoms with van der Waals surface area (Å²) in [5, 5.41) is 5.89. The van der Waals surface area contributed by atoms with Gasteiger partial charge in [-0.1, -0.05) is 64.5 Å². The lowest BCUT2D eigenvalue weighted by Crippen LogP contribution is -2.48. The Morgan fingerprint density at radius 1 is 1.06 bits per heavy atom. The molecular formula is C26H39N3O4. The third-order valence-corrected chi connectivity index (χ3v) is 6.00. The van der Waals surface area contributed by atoms with E-state index in [9.17, 15) is 14.4 Å². The Labute approximate surface area is 197 Å². The predicted molar refractivity (Wildman–Crippen MR) is 131 cm³/mol. The van der Waals surface area contributed by atoms with Gasteiger partial charge in [-0.3, -0.25) is 9.69 Å². The zero-order valence-electron chi connectivity index (χ0n) is 20.5. The van der Waals surface area contributed by atoms with Crippen molar-refractivity contribution in [2.45, 2.75) is 84.6 Å². The second-order valence-corrected chi connectivity index (χ2v) is 8.57. The van der Waals surface area contributed by atoms with E-state index in [2.05, 4.69) is 24.5 Å². The van der Waals surface area contributed by atoms with Crippen LogP contribution in [0.2, 0.25) is 0 Å². The molecule has 2 N–H and O–H groups in total. The number of carbonyl (C=O) groups excluding carboxylic acids is 3. The summed E-state index contributed by atoms with van der Waals surface area (Å²) in [4.78, 5) is 39.4. The molecule has 1 aromatic carbocycles. The van der Waals surface area contributed by atoms with Gasteiger partial charge in [-0.15, -0.1) is 0 Å². The van der Waals surface area contributed by atoms with E-state index in [0.29, 0.717) is 29.9 Å². The summed E-state index contributed by atoms with van der Waals surface area (Å²) >= 11 is 0. The number of carbonyl (C=O) groups is 3. The van der Waals surface area contributed by atoms with Crippen LogP contribution in [-0.4, -0.2) is 36.5 Å². The first-order valence-corrected chi connectivity index (χ1v) is 12.2. The molecule has 33 heavy (non-hydrogen) atoms. The van der Waals surface area contributed by atoms with Crippen molar-refractivity contribution >= 4 is 23.6 Å². The number of urea groups is 1. The highest BCUT2D eigenvalue weighted by molar-refractivity contribution is 5.95. The van der Waals surface area contributed by atoms with Crippen molar-refractivity contribution in [3.8, 4) is 0 Å². The Bertz CT molecular complexity index is 850. The van der Waals surface area contributed by atoms with E-state index >= 15 is 0 Å². The van der Waals surface area contributed by atoms with E-state index in [0.717, 1.165) is 37.7 Å². The minimum Gasteiger partial charge on any atom is -0.466 e. The molecule has 7 nitrogen and oxygen atoms in total. The maximum absolute atomic E-state index is 12.8. The topological polar surface area (TPSA) is 87.7 Å². The van der Waals surface area contributed by atoms with Crippen LogP contribution in [0.5, 0.6) is 0 Å². The number of hydrogen-bond donors (Lipinski definition) is 2. The second-order valence-electron chi connectivity index (χ2n) is 8.57. The Hall–Kier alpha value is -2.83. The molecule has 3 amide bonds. The van der Waals surface area contributed by atoms with Gasteiger partial charge in [-0.25, -0.2) is 9.59 Å². The van der Waals surface area contributed by atoms with E-state index in [1.54, 1.807) is 11.8 Å². The average molecular weight is 458 g/mol. The highest BCUT2D eigenvalue weighted by atomic mass is 16.5. The normalized spacial score (nSPS) is 15.9. The van der Waals surface area contributed by atoms with Gasteiger partial charge in [0.05, 0.1) is 18.7 Å². The first-order valence-electron chi connectivity index (χ1n) is 12.2. The summed E-state index contributed by atoms with van der Waals surface area (Å²) in [6.45, 7) is 6.56. The van der Waals surface area contributed by atoms with Gasteiger partial charge in [0.15, 0.2) is 0 Å². The number of hydrogen-bond acceptors (Lipinski definition) is 4. The van der Waals surface area contributed by atoms with Gasteiger partial charge in [0.1, 0.15) is 0 Å². The quantitative estimate of drug-likeness (QED) is 0.294. The van der Waals surface area contributed by atoms with Crippen molar-refractivity contribution in [3.05, 3.63) is 41.1 Å². The van der Waals surface area contributed by atoms with Gasteiger partial charge >= 0.3 is 12.0 Å². The minimum atomic E-state index is -0.641. The highest BCUT2D eigenvalue weighted by Gasteiger charge is 2.36. The van der Waals surface area contributed by atoms with Crippen molar-refractivity contribution in [1.82, 2.24) is 10.2 Å². The molecule has 1 aliphatic heterocycles. The van der Waals surface area contributed by atoms with Gasteiger partial charge < -0.3 is 15.4 Å². The average Bonchev–Trinajstić information content (AvgIpc) is 2.80. The molecule has 1 aromatic rings. The van der Waals surface area contributed by atoms with Gasteiger partial charge in [0.25, 0.3) is 0 Å². The molecule has 0 aromatic heterocycles. The van der Waals surface area contributed by atoms with Crippen LogP contribution in [0.4, 0.5) is 10.5 Å². The summed E-state index contributed by atoms with van der Waals surface area (Å²) in [6.07, 6.45) is 9.02. The fourth-order valence-corrected chi connectivity index (χ4v) is 4.08. The number of amides is 3. The number of unbranched alkanes of at least 4 members (excludes halogenated alkanes) is 6. The molecule has 0 saturated heterocycles. The van der Waals surface area contributed by atoms with E-state index in [4.69, 9.17) is 4.74 Å². The summed E-state index contributed by atoms with van der Waals surface area (Å²) in [7, 11) is 1.34. The number of esters is 1. The molecule has 0 saturated carbocycles. The van der Waals surface area contributed by atoms with E-state index in [-0.39, 0.29) is 11.9 Å². The van der Waals surface area contributed by atoms with Crippen molar-refractivity contribution in [3.63, 3.8) is 0 Å². The number of rotatable bonds is 13. The molecule has 1 atom stereocenters. The van der Waals surface area contributed by atoms with E-state index in [1.165, 1.54) is 26.4 Å². The first-order chi connectivity index (χ1) is 15.9. The number of nitrogens with zero attached hydrogens (tertiary/aromatic N) is 1. The molecule has 1 unspecified atom stereocenters. The van der Waals surface area contributed by atoms with Crippen LogP contribution < -0.4 is 10.6 Å². The standard InChI is InChI=1S/C26H39N3O4/c1-5-7-9-10-11-12-16-22(30)27-21-15-13-14-20(18-21)24-23(25(31)33-4)19(3)29(17-8-6-2)26(32)28-24/h13-15,18,24H,5-12,16-17H2,1-4H3,(H,27,30)(H,28,32). The zero-order valence-corrected chi connectivity index (χ0v) is 20.5. The van der Waals surface area contributed by atoms with Crippen LogP contribution in [0.25, 0.3) is 0 Å². The second kappa shape index (κ2) is 13.7. The molecule has 0 aliphatic carbocycles. The van der Waals surface area contributed by atoms with E-state index in [1.807, 2.05) is 24.3 Å². The molecule has 7 heteroatoms. The van der Waals surface area contributed by atoms with Gasteiger partial charge in [0.2, 0.25) is 5.91 Å². The van der Waals surface area contributed by atoms with Crippen LogP contribution in [0.1, 0.15) is 90.2 Å². The molecule has 1 aliphatic rings. The lowest BCUT2D eigenvalue weighted by Gasteiger charge is -2.35. The van der Waals surface area contributed by atoms with Crippen LogP contribution in [0, 0.1) is 0 Å². The van der Waals surface area contributed by atoms with Crippen molar-refractivity contribution < 1.29 is 19.1 Å². The molecule has 1 heterocycles. The lowest BCUT2D eigenvalue weighted by molar-refractivity contribution is -0.136. The number of allylic oxidation sites excluding steroid dienone is 1. The van der Waals surface area contributed by atoms with Crippen molar-refractivity contribution in [2.75, 3.05) is 19.0 Å². The number of nitrogens with one attached hydrogen (secondary N) is 2. The van der Waals surface area contributed by atoms with Crippen LogP contribution in [0.3, 0.4) is 0 Å². The number of methoxy groups -OCH3 is 1. The molecule has 0 spiro atoms. The summed E-state index contributed by atoms with van der Waals surface area (Å²) in [5.41, 5.74) is 2.37. The predicted octanol–water partition coefficient (Wildman–Crippen LogP) is 5.69. The van der Waals surface area contributed by atoms with Crippen LogP contribution >= 0.6 is 0 Å². The Morgan fingerprint density at radius 2 is 1.76 bits per heavy atom. The first kappa shape index (κ1) is 26.4. The van der Waals surface area contributed by atoms with Crippen LogP contribution in [-0.2, 0) is 14.3 Å². The Morgan fingerprint density at radius 3 is 2.45 bits per heavy atom. The summed E-state index contributed by atoms with van der Waals surface area (Å²) in [6, 6.07) is 6.40. The Balaban J connectivity index is 2.13. The largest absolute Gasteiger partial charge is 0.466 e. The lowest BCUT2D eigenvalue weighted by atomic mass is 9.94. The van der Waals surface area contributed by atoms with Crippen molar-refractivity contribution in [2.24, 2.45) is 0 Å². The molecule has 0 fully saturated rings. The third kappa shape index (κ3) is 7.62. The Kier molecular flexibility index (Phi) is 10.9. The SMILES string of the molecule is CCCCCCCCC(=O)Nc1cccc(C2NC(=O)N(CCCC)C(C)=C2C(=O)OC)c1. The minimum absolute atomic E-state index is 0.0269. The monoisotopic (exact) mass is 457 g/mol. The zero-order chi connectivity index (χ0) is 24.2. The van der Waals surface area contributed by atoms with Gasteiger partial charge in [-0.2, -0.15) is 0 Å². The maximum Gasteiger partial charge on any atom is 0.337 e. The number of anilines is 1. The third-order valence-electron chi connectivity index (χ3n) is 6.00. The molecule has 0 radical (unpaired) electrons. The fourth-order valence-electron chi connectivity index (χ4n) is 4.08. The molecule has 182 valence electrons. The highest BCUT2D eigenvalue weighted by Crippen LogP contribution is 2.32. The van der Waals surface area contributed by atoms with Gasteiger partial charge in [0, 0.05) is 24.4 Å². The van der Waals surface area contributed by atoms with Gasteiger partial charge in [-0.05, 0) is 37.5 Å². The summed E-state index contributed by atoms with van der Waals surface area (Å²) in [5.74, 6) is -0.502. The molecule has 2 rings (SSSR count). The molecular weight excluding hydrogens is 418 g/mol. The number of ether oxygens (including phenoxy) is 1. The summed E-state index contributed by atoms with van der Waals surface area (Å²) < 4.78 is 5.03. The maximum atomic E-state index is 12.8. The number of benzene rings is 1. The fraction of sp³-hybridized carbons (Fsp3) is 0.577. The smallest absolute Gasteiger partial charge is 0.337 e.